The number of nitrogens with two attached hydrogens (primary N) is 1. The fourth-order valence-corrected chi connectivity index (χ4v) is 2.85. The van der Waals surface area contributed by atoms with Gasteiger partial charge in [-0.05, 0) is 49.8 Å². The van der Waals surface area contributed by atoms with Crippen LogP contribution in [0, 0.1) is 5.41 Å². The maximum atomic E-state index is 5.67. The lowest BCUT2D eigenvalue weighted by Gasteiger charge is -2.33. The van der Waals surface area contributed by atoms with Crippen molar-refractivity contribution in [2.24, 2.45) is 11.1 Å². The zero-order valence-electron chi connectivity index (χ0n) is 13.2. The van der Waals surface area contributed by atoms with Crippen LogP contribution in [0.1, 0.15) is 52.2 Å². The second kappa shape index (κ2) is 6.53. The van der Waals surface area contributed by atoms with Gasteiger partial charge < -0.3 is 11.1 Å². The summed E-state index contributed by atoms with van der Waals surface area (Å²) in [6, 6.07) is 8.58. The Morgan fingerprint density at radius 1 is 1.00 bits per heavy atom. The van der Waals surface area contributed by atoms with Crippen LogP contribution in [-0.2, 0) is 13.0 Å². The van der Waals surface area contributed by atoms with Gasteiger partial charge in [-0.2, -0.15) is 0 Å². The summed E-state index contributed by atoms with van der Waals surface area (Å²) in [4.78, 5) is 0. The number of hydrogen-bond donors (Lipinski definition) is 2. The van der Waals surface area contributed by atoms with Gasteiger partial charge in [-0.25, -0.2) is 0 Å². The van der Waals surface area contributed by atoms with Gasteiger partial charge in [0.2, 0.25) is 0 Å². The largest absolute Gasteiger partial charge is 0.330 e. The van der Waals surface area contributed by atoms with Crippen LogP contribution in [0.2, 0.25) is 0 Å². The Kier molecular flexibility index (Phi) is 5.57. The summed E-state index contributed by atoms with van der Waals surface area (Å²) in [5.41, 5.74) is 8.90. The van der Waals surface area contributed by atoms with Crippen molar-refractivity contribution in [1.82, 2.24) is 5.32 Å². The summed E-state index contributed by atoms with van der Waals surface area (Å²) >= 11 is 0. The van der Waals surface area contributed by atoms with E-state index in [-0.39, 0.29) is 5.54 Å². The first-order valence-corrected chi connectivity index (χ1v) is 7.25. The molecule has 0 amide bonds. The number of rotatable bonds is 6. The molecule has 0 aliphatic rings. The third-order valence-electron chi connectivity index (χ3n) is 3.26. The van der Waals surface area contributed by atoms with E-state index in [4.69, 9.17) is 5.73 Å². The van der Waals surface area contributed by atoms with E-state index >= 15 is 0 Å². The Hall–Kier alpha value is -0.860. The molecule has 1 rings (SSSR count). The van der Waals surface area contributed by atoms with Crippen LogP contribution in [0.3, 0.4) is 0 Å². The summed E-state index contributed by atoms with van der Waals surface area (Å²) in [5, 5.41) is 3.69. The average molecular weight is 262 g/mol. The standard InChI is InChI=1S/C17H30N2/c1-16(2,3)13-17(4,5)19-12-15-9-7-6-8-14(15)10-11-18/h6-9,19H,10-13,18H2,1-5H3. The van der Waals surface area contributed by atoms with Crippen LogP contribution in [0.15, 0.2) is 24.3 Å². The minimum Gasteiger partial charge on any atom is -0.330 e. The molecule has 0 aromatic heterocycles. The van der Waals surface area contributed by atoms with E-state index in [1.807, 2.05) is 0 Å². The first-order chi connectivity index (χ1) is 8.73. The quantitative estimate of drug-likeness (QED) is 0.823. The molecule has 0 heterocycles. The molecular formula is C17H30N2. The van der Waals surface area contributed by atoms with E-state index in [0.29, 0.717) is 12.0 Å². The lowest BCUT2D eigenvalue weighted by Crippen LogP contribution is -2.42. The predicted molar refractivity (Wildman–Crippen MR) is 84.2 cm³/mol. The summed E-state index contributed by atoms with van der Waals surface area (Å²) in [6.45, 7) is 13.1. The van der Waals surface area contributed by atoms with Crippen molar-refractivity contribution in [2.45, 2.75) is 59.5 Å². The van der Waals surface area contributed by atoms with E-state index in [1.54, 1.807) is 0 Å². The average Bonchev–Trinajstić information content (AvgIpc) is 2.25. The highest BCUT2D eigenvalue weighted by Crippen LogP contribution is 2.27. The van der Waals surface area contributed by atoms with Crippen LogP contribution in [0.5, 0.6) is 0 Å². The highest BCUT2D eigenvalue weighted by molar-refractivity contribution is 5.27. The number of hydrogen-bond acceptors (Lipinski definition) is 2. The first-order valence-electron chi connectivity index (χ1n) is 7.25. The number of benzene rings is 1. The second-order valence-electron chi connectivity index (χ2n) is 7.28. The fraction of sp³-hybridized carbons (Fsp3) is 0.647. The molecule has 3 N–H and O–H groups in total. The molecule has 0 aliphatic heterocycles. The van der Waals surface area contributed by atoms with Gasteiger partial charge in [-0.1, -0.05) is 45.0 Å². The molecular weight excluding hydrogens is 232 g/mol. The van der Waals surface area contributed by atoms with Crippen LogP contribution in [-0.4, -0.2) is 12.1 Å². The second-order valence-corrected chi connectivity index (χ2v) is 7.28. The Morgan fingerprint density at radius 3 is 2.11 bits per heavy atom. The van der Waals surface area contributed by atoms with Crippen molar-refractivity contribution in [3.63, 3.8) is 0 Å². The summed E-state index contributed by atoms with van der Waals surface area (Å²) < 4.78 is 0. The molecule has 0 saturated heterocycles. The lowest BCUT2D eigenvalue weighted by molar-refractivity contribution is 0.240. The molecule has 0 atom stereocenters. The molecule has 0 aliphatic carbocycles. The van der Waals surface area contributed by atoms with Crippen LogP contribution >= 0.6 is 0 Å². The maximum Gasteiger partial charge on any atom is 0.0213 e. The molecule has 0 bridgehead atoms. The molecule has 2 nitrogen and oxygen atoms in total. The van der Waals surface area contributed by atoms with Gasteiger partial charge in [-0.15, -0.1) is 0 Å². The molecule has 0 fully saturated rings. The van der Waals surface area contributed by atoms with Crippen molar-refractivity contribution in [1.29, 1.82) is 0 Å². The third-order valence-corrected chi connectivity index (χ3v) is 3.26. The molecule has 19 heavy (non-hydrogen) atoms. The zero-order chi connectivity index (χ0) is 14.5. The fourth-order valence-electron chi connectivity index (χ4n) is 2.85. The van der Waals surface area contributed by atoms with Crippen LogP contribution in [0.25, 0.3) is 0 Å². The topological polar surface area (TPSA) is 38.0 Å². The van der Waals surface area contributed by atoms with Crippen LogP contribution in [0.4, 0.5) is 0 Å². The maximum absolute atomic E-state index is 5.67. The number of nitrogens with one attached hydrogen (secondary N) is 1. The monoisotopic (exact) mass is 262 g/mol. The molecule has 1 aromatic rings. The summed E-state index contributed by atoms with van der Waals surface area (Å²) in [5.74, 6) is 0. The predicted octanol–water partition coefficient (Wildman–Crippen LogP) is 3.49. The van der Waals surface area contributed by atoms with Gasteiger partial charge in [-0.3, -0.25) is 0 Å². The van der Waals surface area contributed by atoms with Gasteiger partial charge in [0.25, 0.3) is 0 Å². The molecule has 0 unspecified atom stereocenters. The van der Waals surface area contributed by atoms with Crippen molar-refractivity contribution < 1.29 is 0 Å². The van der Waals surface area contributed by atoms with Crippen molar-refractivity contribution >= 4 is 0 Å². The van der Waals surface area contributed by atoms with Crippen LogP contribution < -0.4 is 11.1 Å². The summed E-state index contributed by atoms with van der Waals surface area (Å²) in [6.07, 6.45) is 2.11. The van der Waals surface area contributed by atoms with Gasteiger partial charge in [0, 0.05) is 12.1 Å². The zero-order valence-corrected chi connectivity index (χ0v) is 13.2. The Labute approximate surface area is 118 Å². The Bertz CT molecular complexity index is 388. The van der Waals surface area contributed by atoms with Gasteiger partial charge in [0.05, 0.1) is 0 Å². The molecule has 0 spiro atoms. The Morgan fingerprint density at radius 2 is 1.58 bits per heavy atom. The normalized spacial score (nSPS) is 12.7. The van der Waals surface area contributed by atoms with E-state index in [2.05, 4.69) is 64.2 Å². The first kappa shape index (κ1) is 16.2. The highest BCUT2D eigenvalue weighted by atomic mass is 15.0. The molecule has 2 heteroatoms. The van der Waals surface area contributed by atoms with E-state index < -0.39 is 0 Å². The van der Waals surface area contributed by atoms with E-state index in [9.17, 15) is 0 Å². The summed E-state index contributed by atoms with van der Waals surface area (Å²) in [7, 11) is 0. The minimum atomic E-state index is 0.147. The van der Waals surface area contributed by atoms with Crippen molar-refractivity contribution in [2.75, 3.05) is 6.54 Å². The third kappa shape index (κ3) is 6.22. The molecule has 108 valence electrons. The van der Waals surface area contributed by atoms with Gasteiger partial charge in [0.1, 0.15) is 0 Å². The van der Waals surface area contributed by atoms with E-state index in [1.165, 1.54) is 11.1 Å². The van der Waals surface area contributed by atoms with E-state index in [0.717, 1.165) is 19.4 Å². The smallest absolute Gasteiger partial charge is 0.0213 e. The van der Waals surface area contributed by atoms with Crippen molar-refractivity contribution in [3.8, 4) is 0 Å². The highest BCUT2D eigenvalue weighted by Gasteiger charge is 2.24. The molecule has 1 aromatic carbocycles. The minimum absolute atomic E-state index is 0.147. The lowest BCUT2D eigenvalue weighted by atomic mass is 9.81. The molecule has 0 radical (unpaired) electrons. The SMILES string of the molecule is CC(C)(C)CC(C)(C)NCc1ccccc1CCN. The molecule has 0 saturated carbocycles. The van der Waals surface area contributed by atoms with Gasteiger partial charge in [0.15, 0.2) is 0 Å². The van der Waals surface area contributed by atoms with Crippen molar-refractivity contribution in [3.05, 3.63) is 35.4 Å². The van der Waals surface area contributed by atoms with Gasteiger partial charge >= 0.3 is 0 Å². The Balaban J connectivity index is 2.66.